The van der Waals surface area contributed by atoms with E-state index in [2.05, 4.69) is 0 Å². The van der Waals surface area contributed by atoms with E-state index in [4.69, 9.17) is 4.74 Å². The molecular formula is C13H8N2O6. The number of non-ortho nitro benzene ring substituents is 1. The van der Waals surface area contributed by atoms with Crippen molar-refractivity contribution in [1.29, 1.82) is 0 Å². The SMILES string of the molecule is O=Cc1ccccc1Oc1ccc([N+](=O)[O-])cc1[N+](=O)[O-]. The predicted octanol–water partition coefficient (Wildman–Crippen LogP) is 3.11. The van der Waals surface area contributed by atoms with E-state index in [-0.39, 0.29) is 17.1 Å². The number of para-hydroxylation sites is 1. The minimum Gasteiger partial charge on any atom is -0.449 e. The van der Waals surface area contributed by atoms with Crippen LogP contribution in [0.2, 0.25) is 0 Å². The summed E-state index contributed by atoms with van der Waals surface area (Å²) in [6.07, 6.45) is 0.548. The summed E-state index contributed by atoms with van der Waals surface area (Å²) in [4.78, 5) is 31.0. The highest BCUT2D eigenvalue weighted by Crippen LogP contribution is 2.35. The number of carbonyl (C=O) groups is 1. The van der Waals surface area contributed by atoms with Crippen LogP contribution in [0.5, 0.6) is 11.5 Å². The molecule has 2 aromatic rings. The molecule has 0 radical (unpaired) electrons. The number of nitro groups is 2. The fourth-order valence-electron chi connectivity index (χ4n) is 1.64. The second-order valence-corrected chi connectivity index (χ2v) is 3.92. The number of hydrogen-bond acceptors (Lipinski definition) is 6. The Morgan fingerprint density at radius 3 is 2.29 bits per heavy atom. The number of ether oxygens (including phenoxy) is 1. The lowest BCUT2D eigenvalue weighted by Gasteiger charge is -2.07. The third-order valence-electron chi connectivity index (χ3n) is 2.62. The molecule has 0 amide bonds. The summed E-state index contributed by atoms with van der Waals surface area (Å²) in [5, 5.41) is 21.6. The van der Waals surface area contributed by atoms with Gasteiger partial charge in [0.25, 0.3) is 5.69 Å². The molecule has 0 aliphatic carbocycles. The molecule has 0 aliphatic rings. The molecule has 8 nitrogen and oxygen atoms in total. The molecule has 2 aromatic carbocycles. The van der Waals surface area contributed by atoms with Crippen molar-refractivity contribution in [3.63, 3.8) is 0 Å². The average Bonchev–Trinajstić information content (AvgIpc) is 2.47. The smallest absolute Gasteiger partial charge is 0.318 e. The van der Waals surface area contributed by atoms with Crippen molar-refractivity contribution >= 4 is 17.7 Å². The Labute approximate surface area is 117 Å². The lowest BCUT2D eigenvalue weighted by Crippen LogP contribution is -1.97. The maximum Gasteiger partial charge on any atom is 0.318 e. The molecule has 0 heterocycles. The topological polar surface area (TPSA) is 113 Å². The summed E-state index contributed by atoms with van der Waals surface area (Å²) < 4.78 is 5.33. The minimum atomic E-state index is -0.786. The van der Waals surface area contributed by atoms with Crippen molar-refractivity contribution in [2.75, 3.05) is 0 Å². The largest absolute Gasteiger partial charge is 0.449 e. The van der Waals surface area contributed by atoms with Crippen LogP contribution in [0, 0.1) is 20.2 Å². The van der Waals surface area contributed by atoms with E-state index in [1.807, 2.05) is 0 Å². The monoisotopic (exact) mass is 288 g/mol. The van der Waals surface area contributed by atoms with Gasteiger partial charge in [0.15, 0.2) is 6.29 Å². The highest BCUT2D eigenvalue weighted by molar-refractivity contribution is 5.79. The van der Waals surface area contributed by atoms with Gasteiger partial charge in [0, 0.05) is 6.07 Å². The van der Waals surface area contributed by atoms with Crippen LogP contribution in [0.1, 0.15) is 10.4 Å². The van der Waals surface area contributed by atoms with Crippen LogP contribution in [-0.2, 0) is 0 Å². The summed E-state index contributed by atoms with van der Waals surface area (Å²) in [5.74, 6) is -0.0515. The highest BCUT2D eigenvalue weighted by Gasteiger charge is 2.21. The first kappa shape index (κ1) is 14.1. The molecule has 0 aliphatic heterocycles. The molecule has 106 valence electrons. The first-order valence-electron chi connectivity index (χ1n) is 5.68. The Morgan fingerprint density at radius 2 is 1.67 bits per heavy atom. The molecule has 0 bridgehead atoms. The van der Waals surface area contributed by atoms with Crippen LogP contribution in [0.4, 0.5) is 11.4 Å². The standard InChI is InChI=1S/C13H8N2O6/c16-8-9-3-1-2-4-12(9)21-13-6-5-10(14(17)18)7-11(13)15(19)20/h1-8H. The number of benzene rings is 2. The fraction of sp³-hybridized carbons (Fsp3) is 0. The van der Waals surface area contributed by atoms with Crippen molar-refractivity contribution < 1.29 is 19.4 Å². The van der Waals surface area contributed by atoms with E-state index in [1.165, 1.54) is 12.1 Å². The van der Waals surface area contributed by atoms with Crippen molar-refractivity contribution in [3.8, 4) is 11.5 Å². The molecule has 0 N–H and O–H groups in total. The predicted molar refractivity (Wildman–Crippen MR) is 71.7 cm³/mol. The number of carbonyl (C=O) groups excluding carboxylic acids is 1. The van der Waals surface area contributed by atoms with E-state index in [0.29, 0.717) is 6.29 Å². The third-order valence-corrected chi connectivity index (χ3v) is 2.62. The molecule has 0 saturated carbocycles. The van der Waals surface area contributed by atoms with E-state index in [1.54, 1.807) is 12.1 Å². The van der Waals surface area contributed by atoms with Crippen LogP contribution in [0.25, 0.3) is 0 Å². The van der Waals surface area contributed by atoms with Gasteiger partial charge in [-0.15, -0.1) is 0 Å². The second kappa shape index (κ2) is 5.78. The number of rotatable bonds is 5. The van der Waals surface area contributed by atoms with Crippen LogP contribution in [0.15, 0.2) is 42.5 Å². The molecule has 21 heavy (non-hydrogen) atoms. The Hall–Kier alpha value is -3.29. The van der Waals surface area contributed by atoms with E-state index in [9.17, 15) is 25.0 Å². The molecule has 0 unspecified atom stereocenters. The Balaban J connectivity index is 2.46. The van der Waals surface area contributed by atoms with Crippen molar-refractivity contribution in [3.05, 3.63) is 68.3 Å². The van der Waals surface area contributed by atoms with Gasteiger partial charge in [-0.05, 0) is 18.2 Å². The van der Waals surface area contributed by atoms with Crippen molar-refractivity contribution in [1.82, 2.24) is 0 Å². The Bertz CT molecular complexity index is 728. The fourth-order valence-corrected chi connectivity index (χ4v) is 1.64. The molecular weight excluding hydrogens is 280 g/mol. The molecule has 0 saturated heterocycles. The summed E-state index contributed by atoms with van der Waals surface area (Å²) in [7, 11) is 0. The quantitative estimate of drug-likeness (QED) is 0.474. The minimum absolute atomic E-state index is 0.129. The first-order valence-corrected chi connectivity index (χ1v) is 5.68. The van der Waals surface area contributed by atoms with Gasteiger partial charge in [-0.2, -0.15) is 0 Å². The Morgan fingerprint density at radius 1 is 0.952 bits per heavy atom. The lowest BCUT2D eigenvalue weighted by atomic mass is 10.2. The first-order chi connectivity index (χ1) is 10.0. The normalized spacial score (nSPS) is 9.90. The van der Waals surface area contributed by atoms with E-state index < -0.39 is 21.2 Å². The zero-order chi connectivity index (χ0) is 15.4. The third kappa shape index (κ3) is 3.00. The zero-order valence-electron chi connectivity index (χ0n) is 10.5. The molecule has 0 spiro atoms. The van der Waals surface area contributed by atoms with E-state index >= 15 is 0 Å². The highest BCUT2D eigenvalue weighted by atomic mass is 16.6. The molecule has 0 fully saturated rings. The van der Waals surface area contributed by atoms with Crippen LogP contribution in [0.3, 0.4) is 0 Å². The van der Waals surface area contributed by atoms with Crippen LogP contribution < -0.4 is 4.74 Å². The lowest BCUT2D eigenvalue weighted by molar-refractivity contribution is -0.394. The summed E-state index contributed by atoms with van der Waals surface area (Å²) in [6, 6.07) is 9.18. The summed E-state index contributed by atoms with van der Waals surface area (Å²) in [5.41, 5.74) is -0.757. The van der Waals surface area contributed by atoms with Gasteiger partial charge < -0.3 is 4.74 Å². The zero-order valence-corrected chi connectivity index (χ0v) is 10.5. The molecule has 0 aromatic heterocycles. The van der Waals surface area contributed by atoms with Gasteiger partial charge in [-0.1, -0.05) is 12.1 Å². The van der Waals surface area contributed by atoms with Crippen molar-refractivity contribution in [2.24, 2.45) is 0 Å². The van der Waals surface area contributed by atoms with Gasteiger partial charge >= 0.3 is 5.69 Å². The van der Waals surface area contributed by atoms with Gasteiger partial charge in [0.05, 0.1) is 21.5 Å². The van der Waals surface area contributed by atoms with Crippen molar-refractivity contribution in [2.45, 2.75) is 0 Å². The van der Waals surface area contributed by atoms with Gasteiger partial charge in [0.2, 0.25) is 5.75 Å². The molecule has 8 heteroatoms. The van der Waals surface area contributed by atoms with Gasteiger partial charge in [-0.25, -0.2) is 0 Å². The molecule has 0 atom stereocenters. The van der Waals surface area contributed by atoms with Gasteiger partial charge in [-0.3, -0.25) is 25.0 Å². The number of aldehydes is 1. The Kier molecular flexibility index (Phi) is 3.89. The maximum atomic E-state index is 11.0. The average molecular weight is 288 g/mol. The van der Waals surface area contributed by atoms with Gasteiger partial charge in [0.1, 0.15) is 5.75 Å². The number of nitro benzene ring substituents is 2. The van der Waals surface area contributed by atoms with Crippen LogP contribution in [-0.4, -0.2) is 16.1 Å². The summed E-state index contributed by atoms with van der Waals surface area (Å²) in [6.45, 7) is 0. The summed E-state index contributed by atoms with van der Waals surface area (Å²) >= 11 is 0. The number of hydrogen-bond donors (Lipinski definition) is 0. The number of nitrogens with zero attached hydrogens (tertiary/aromatic N) is 2. The molecule has 2 rings (SSSR count). The maximum absolute atomic E-state index is 11.0. The second-order valence-electron chi connectivity index (χ2n) is 3.92. The van der Waals surface area contributed by atoms with Crippen LogP contribution >= 0.6 is 0 Å². The van der Waals surface area contributed by atoms with E-state index in [0.717, 1.165) is 18.2 Å².